The highest BCUT2D eigenvalue weighted by molar-refractivity contribution is 5.84. The maximum atomic E-state index is 11.5. The highest BCUT2D eigenvalue weighted by Gasteiger charge is 2.17. The summed E-state index contributed by atoms with van der Waals surface area (Å²) in [5.41, 5.74) is 1.62. The van der Waals surface area contributed by atoms with E-state index < -0.39 is 12.4 Å². The van der Waals surface area contributed by atoms with Gasteiger partial charge in [-0.2, -0.15) is 0 Å². The van der Waals surface area contributed by atoms with Crippen LogP contribution in [0.2, 0.25) is 0 Å². The van der Waals surface area contributed by atoms with Gasteiger partial charge in [0.05, 0.1) is 0 Å². The highest BCUT2D eigenvalue weighted by atomic mass is 16.7. The molecule has 0 amide bonds. The van der Waals surface area contributed by atoms with Crippen molar-refractivity contribution in [1.82, 2.24) is 0 Å². The van der Waals surface area contributed by atoms with Crippen molar-refractivity contribution in [3.05, 3.63) is 35.4 Å². The summed E-state index contributed by atoms with van der Waals surface area (Å²) in [6.45, 7) is 1.47. The number of hydrogen-bond acceptors (Lipinski definition) is 4. The fourth-order valence-electron chi connectivity index (χ4n) is 1.61. The van der Waals surface area contributed by atoms with E-state index in [9.17, 15) is 9.90 Å². The third kappa shape index (κ3) is 3.63. The molecule has 17 heavy (non-hydrogen) atoms. The number of ketones is 1. The Labute approximate surface area is 101 Å². The third-order valence-electron chi connectivity index (χ3n) is 2.57. The minimum absolute atomic E-state index is 0.178. The van der Waals surface area contributed by atoms with E-state index in [-0.39, 0.29) is 12.2 Å². The Balaban J connectivity index is 2.95. The van der Waals surface area contributed by atoms with Crippen LogP contribution in [0, 0.1) is 0 Å². The van der Waals surface area contributed by atoms with Crippen LogP contribution in [0.5, 0.6) is 0 Å². The van der Waals surface area contributed by atoms with Crippen molar-refractivity contribution in [3.63, 3.8) is 0 Å². The predicted octanol–water partition coefficient (Wildman–Crippen LogP) is 1.47. The molecule has 94 valence electrons. The van der Waals surface area contributed by atoms with Crippen molar-refractivity contribution >= 4 is 5.78 Å². The van der Waals surface area contributed by atoms with E-state index in [0.717, 1.165) is 11.1 Å². The van der Waals surface area contributed by atoms with Crippen molar-refractivity contribution in [2.24, 2.45) is 0 Å². The number of aliphatic hydroxyl groups is 1. The average Bonchev–Trinajstić information content (AvgIpc) is 2.32. The zero-order chi connectivity index (χ0) is 12.8. The molecule has 4 nitrogen and oxygen atoms in total. The van der Waals surface area contributed by atoms with E-state index in [2.05, 4.69) is 0 Å². The quantitative estimate of drug-likeness (QED) is 0.762. The number of rotatable bonds is 6. The summed E-state index contributed by atoms with van der Waals surface area (Å²) in [5.74, 6) is -0.219. The molecule has 1 aromatic rings. The molecule has 0 bridgehead atoms. The fraction of sp³-hybridized carbons (Fsp3) is 0.462. The molecule has 0 fully saturated rings. The number of carbonyl (C=O) groups is 1. The minimum atomic E-state index is -0.952. The summed E-state index contributed by atoms with van der Waals surface area (Å²) in [6.07, 6.45) is -1.27. The molecule has 1 atom stereocenters. The Morgan fingerprint density at radius 3 is 2.41 bits per heavy atom. The van der Waals surface area contributed by atoms with Gasteiger partial charge in [-0.05, 0) is 12.5 Å². The van der Waals surface area contributed by atoms with Crippen LogP contribution in [0.25, 0.3) is 0 Å². The Bertz CT molecular complexity index is 369. The lowest BCUT2D eigenvalue weighted by atomic mass is 10.00. The maximum absolute atomic E-state index is 11.5. The standard InChI is InChI=1S/C13H18O4/c1-9(14)12(15)8-10-6-4-5-7-11(10)13(16-2)17-3/h4-7,9,13-14H,8H2,1-3H3. The number of benzene rings is 1. The molecular formula is C13H18O4. The molecule has 1 unspecified atom stereocenters. The zero-order valence-corrected chi connectivity index (χ0v) is 10.3. The summed E-state index contributed by atoms with van der Waals surface area (Å²) in [6, 6.07) is 7.39. The van der Waals surface area contributed by atoms with Gasteiger partial charge in [0.1, 0.15) is 6.10 Å². The summed E-state index contributed by atoms with van der Waals surface area (Å²) in [4.78, 5) is 11.5. The molecule has 1 aromatic carbocycles. The van der Waals surface area contributed by atoms with E-state index >= 15 is 0 Å². The minimum Gasteiger partial charge on any atom is -0.386 e. The number of methoxy groups -OCH3 is 2. The molecule has 4 heteroatoms. The van der Waals surface area contributed by atoms with Gasteiger partial charge in [-0.3, -0.25) is 4.79 Å². The van der Waals surface area contributed by atoms with Gasteiger partial charge in [-0.1, -0.05) is 24.3 Å². The van der Waals surface area contributed by atoms with Gasteiger partial charge in [0.2, 0.25) is 0 Å². The van der Waals surface area contributed by atoms with E-state index in [0.29, 0.717) is 0 Å². The maximum Gasteiger partial charge on any atom is 0.183 e. The second kappa shape index (κ2) is 6.49. The lowest BCUT2D eigenvalue weighted by Gasteiger charge is -2.17. The van der Waals surface area contributed by atoms with Gasteiger partial charge in [0.15, 0.2) is 12.1 Å². The first-order valence-electron chi connectivity index (χ1n) is 5.44. The van der Waals surface area contributed by atoms with Gasteiger partial charge < -0.3 is 14.6 Å². The van der Waals surface area contributed by atoms with Crippen LogP contribution >= 0.6 is 0 Å². The lowest BCUT2D eigenvalue weighted by molar-refractivity contribution is -0.125. The monoisotopic (exact) mass is 238 g/mol. The van der Waals surface area contributed by atoms with Crippen LogP contribution in [-0.2, 0) is 20.7 Å². The summed E-state index contributed by atoms with van der Waals surface area (Å²) < 4.78 is 10.3. The SMILES string of the molecule is COC(OC)c1ccccc1CC(=O)C(C)O. The number of aliphatic hydroxyl groups excluding tert-OH is 1. The van der Waals surface area contributed by atoms with Crippen LogP contribution in [0.15, 0.2) is 24.3 Å². The average molecular weight is 238 g/mol. The molecule has 1 rings (SSSR count). The van der Waals surface area contributed by atoms with Crippen molar-refractivity contribution in [2.45, 2.75) is 25.7 Å². The fourth-order valence-corrected chi connectivity index (χ4v) is 1.61. The first-order chi connectivity index (χ1) is 8.10. The Morgan fingerprint density at radius 2 is 1.88 bits per heavy atom. The lowest BCUT2D eigenvalue weighted by Crippen LogP contribution is -2.19. The predicted molar refractivity (Wildman–Crippen MR) is 63.6 cm³/mol. The Hall–Kier alpha value is -1.23. The molecule has 0 saturated carbocycles. The van der Waals surface area contributed by atoms with Gasteiger partial charge in [-0.25, -0.2) is 0 Å². The van der Waals surface area contributed by atoms with Crippen LogP contribution in [-0.4, -0.2) is 31.2 Å². The zero-order valence-electron chi connectivity index (χ0n) is 10.3. The Morgan fingerprint density at radius 1 is 1.29 bits per heavy atom. The van der Waals surface area contributed by atoms with Gasteiger partial charge in [0.25, 0.3) is 0 Å². The van der Waals surface area contributed by atoms with E-state index in [1.54, 1.807) is 14.2 Å². The first-order valence-corrected chi connectivity index (χ1v) is 5.44. The number of Topliss-reactive ketones (excluding diaryl/α,β-unsaturated/α-hetero) is 1. The molecular weight excluding hydrogens is 220 g/mol. The second-order valence-corrected chi connectivity index (χ2v) is 3.82. The van der Waals surface area contributed by atoms with Crippen LogP contribution in [0.4, 0.5) is 0 Å². The number of hydrogen-bond donors (Lipinski definition) is 1. The van der Waals surface area contributed by atoms with Gasteiger partial charge in [0, 0.05) is 26.2 Å². The molecule has 0 spiro atoms. The van der Waals surface area contributed by atoms with Gasteiger partial charge in [-0.15, -0.1) is 0 Å². The number of carbonyl (C=O) groups excluding carboxylic acids is 1. The molecule has 0 saturated heterocycles. The number of ether oxygens (including phenoxy) is 2. The second-order valence-electron chi connectivity index (χ2n) is 3.82. The molecule has 0 heterocycles. The smallest absolute Gasteiger partial charge is 0.183 e. The van der Waals surface area contributed by atoms with Crippen molar-refractivity contribution < 1.29 is 19.4 Å². The summed E-state index contributed by atoms with van der Waals surface area (Å²) >= 11 is 0. The molecule has 0 aliphatic heterocycles. The Kier molecular flexibility index (Phi) is 5.28. The summed E-state index contributed by atoms with van der Waals surface area (Å²) in [5, 5.41) is 9.21. The third-order valence-corrected chi connectivity index (χ3v) is 2.57. The molecule has 1 N–H and O–H groups in total. The van der Waals surface area contributed by atoms with Crippen LogP contribution in [0.1, 0.15) is 24.3 Å². The highest BCUT2D eigenvalue weighted by Crippen LogP contribution is 2.22. The largest absolute Gasteiger partial charge is 0.386 e. The topological polar surface area (TPSA) is 55.8 Å². The van der Waals surface area contributed by atoms with E-state index in [1.807, 2.05) is 24.3 Å². The summed E-state index contributed by atoms with van der Waals surface area (Å²) in [7, 11) is 3.09. The van der Waals surface area contributed by atoms with Gasteiger partial charge >= 0.3 is 0 Å². The molecule has 0 radical (unpaired) electrons. The van der Waals surface area contributed by atoms with Crippen LogP contribution < -0.4 is 0 Å². The van der Waals surface area contributed by atoms with Crippen molar-refractivity contribution in [3.8, 4) is 0 Å². The molecule has 0 aromatic heterocycles. The normalized spacial score (nSPS) is 12.8. The van der Waals surface area contributed by atoms with Crippen molar-refractivity contribution in [2.75, 3.05) is 14.2 Å². The molecule has 0 aliphatic carbocycles. The molecule has 0 aliphatic rings. The van der Waals surface area contributed by atoms with Crippen molar-refractivity contribution in [1.29, 1.82) is 0 Å². The first kappa shape index (κ1) is 13.8. The van der Waals surface area contributed by atoms with Crippen LogP contribution in [0.3, 0.4) is 0 Å². The van der Waals surface area contributed by atoms with E-state index in [1.165, 1.54) is 6.92 Å². The van der Waals surface area contributed by atoms with E-state index in [4.69, 9.17) is 9.47 Å².